The molecule has 2 rings (SSSR count). The molecule has 0 fully saturated rings. The number of aliphatic hydroxyl groups excluding tert-OH is 1. The molecule has 0 aliphatic heterocycles. The van der Waals surface area contributed by atoms with Gasteiger partial charge in [0, 0.05) is 31.4 Å². The second-order valence-corrected chi connectivity index (χ2v) is 4.67. The molecule has 2 aromatic rings. The first-order valence-corrected chi connectivity index (χ1v) is 6.35. The minimum absolute atomic E-state index is 0.345. The first-order chi connectivity index (χ1) is 8.61. The van der Waals surface area contributed by atoms with Crippen LogP contribution in [-0.2, 0) is 13.0 Å². The van der Waals surface area contributed by atoms with Crippen molar-refractivity contribution in [3.05, 3.63) is 35.9 Å². The molecule has 0 amide bonds. The number of aliphatic hydroxyl groups is 1. The van der Waals surface area contributed by atoms with Crippen molar-refractivity contribution in [2.24, 2.45) is 0 Å². The molecule has 0 saturated carbocycles. The minimum atomic E-state index is -0.553. The van der Waals surface area contributed by atoms with Gasteiger partial charge in [-0.2, -0.15) is 10.2 Å². The maximum atomic E-state index is 10.2. The van der Waals surface area contributed by atoms with Gasteiger partial charge in [0.25, 0.3) is 0 Å². The second kappa shape index (κ2) is 5.35. The molecular weight excluding hydrogens is 228 g/mol. The van der Waals surface area contributed by atoms with Gasteiger partial charge in [0.15, 0.2) is 0 Å². The van der Waals surface area contributed by atoms with Crippen molar-refractivity contribution in [1.29, 1.82) is 0 Å². The van der Waals surface area contributed by atoms with Crippen LogP contribution < -0.4 is 0 Å². The average Bonchev–Trinajstić information content (AvgIpc) is 2.96. The highest BCUT2D eigenvalue weighted by molar-refractivity contribution is 5.10. The van der Waals surface area contributed by atoms with Crippen LogP contribution in [0.4, 0.5) is 0 Å². The molecule has 2 heterocycles. The van der Waals surface area contributed by atoms with E-state index in [2.05, 4.69) is 24.0 Å². The summed E-state index contributed by atoms with van der Waals surface area (Å²) >= 11 is 0. The third kappa shape index (κ3) is 2.61. The Morgan fingerprint density at radius 3 is 2.72 bits per heavy atom. The summed E-state index contributed by atoms with van der Waals surface area (Å²) in [7, 11) is 0. The summed E-state index contributed by atoms with van der Waals surface area (Å²) in [6, 6.07) is 4.15. The third-order valence-electron chi connectivity index (χ3n) is 2.99. The number of aryl methyl sites for hydroxylation is 1. The lowest BCUT2D eigenvalue weighted by molar-refractivity contribution is 0.165. The van der Waals surface area contributed by atoms with Crippen molar-refractivity contribution in [2.45, 2.75) is 45.9 Å². The molecule has 0 aliphatic rings. The summed E-state index contributed by atoms with van der Waals surface area (Å²) in [5.41, 5.74) is 1.75. The molecule has 0 spiro atoms. The van der Waals surface area contributed by atoms with E-state index < -0.39 is 6.10 Å². The molecule has 98 valence electrons. The van der Waals surface area contributed by atoms with Crippen molar-refractivity contribution in [3.63, 3.8) is 0 Å². The van der Waals surface area contributed by atoms with Gasteiger partial charge in [-0.05, 0) is 32.9 Å². The Balaban J connectivity index is 2.08. The van der Waals surface area contributed by atoms with Gasteiger partial charge in [0.05, 0.1) is 11.4 Å². The molecule has 18 heavy (non-hydrogen) atoms. The van der Waals surface area contributed by atoms with Crippen LogP contribution >= 0.6 is 0 Å². The fourth-order valence-electron chi connectivity index (χ4n) is 1.97. The Bertz CT molecular complexity index is 501. The van der Waals surface area contributed by atoms with E-state index in [0.717, 1.165) is 17.9 Å². The van der Waals surface area contributed by atoms with Crippen LogP contribution in [0.3, 0.4) is 0 Å². The molecule has 0 aromatic carbocycles. The molecule has 0 aliphatic carbocycles. The van der Waals surface area contributed by atoms with Gasteiger partial charge in [0.2, 0.25) is 0 Å². The normalized spacial score (nSPS) is 13.2. The lowest BCUT2D eigenvalue weighted by atomic mass is 10.1. The molecule has 1 unspecified atom stereocenters. The van der Waals surface area contributed by atoms with E-state index in [-0.39, 0.29) is 0 Å². The fourth-order valence-corrected chi connectivity index (χ4v) is 1.97. The lowest BCUT2D eigenvalue weighted by Crippen LogP contribution is -2.11. The van der Waals surface area contributed by atoms with E-state index in [1.54, 1.807) is 6.20 Å². The van der Waals surface area contributed by atoms with Crippen LogP contribution in [-0.4, -0.2) is 24.7 Å². The van der Waals surface area contributed by atoms with E-state index in [1.165, 1.54) is 0 Å². The summed E-state index contributed by atoms with van der Waals surface area (Å²) < 4.78 is 3.71. The highest BCUT2D eigenvalue weighted by atomic mass is 16.3. The van der Waals surface area contributed by atoms with Gasteiger partial charge in [-0.15, -0.1) is 0 Å². The van der Waals surface area contributed by atoms with E-state index in [4.69, 9.17) is 0 Å². The molecule has 0 saturated heterocycles. The van der Waals surface area contributed by atoms with Gasteiger partial charge in [-0.1, -0.05) is 0 Å². The predicted octanol–water partition coefficient (Wildman–Crippen LogP) is 1.96. The highest BCUT2D eigenvalue weighted by Crippen LogP contribution is 2.17. The van der Waals surface area contributed by atoms with E-state index in [1.807, 2.05) is 34.6 Å². The van der Waals surface area contributed by atoms with Crippen molar-refractivity contribution in [3.8, 4) is 0 Å². The SMILES string of the molecule is CCn1nccc1C(O)Cc1ccn(C(C)C)n1. The quantitative estimate of drug-likeness (QED) is 0.880. The summed E-state index contributed by atoms with van der Waals surface area (Å²) in [5.74, 6) is 0. The van der Waals surface area contributed by atoms with Crippen molar-refractivity contribution in [1.82, 2.24) is 19.6 Å². The Morgan fingerprint density at radius 1 is 1.33 bits per heavy atom. The smallest absolute Gasteiger partial charge is 0.101 e. The Labute approximate surface area is 107 Å². The Hall–Kier alpha value is -1.62. The molecule has 1 N–H and O–H groups in total. The lowest BCUT2D eigenvalue weighted by Gasteiger charge is -2.11. The van der Waals surface area contributed by atoms with Crippen LogP contribution in [0.1, 0.15) is 44.3 Å². The van der Waals surface area contributed by atoms with Crippen LogP contribution in [0, 0.1) is 0 Å². The maximum absolute atomic E-state index is 10.2. The number of aromatic nitrogens is 4. The van der Waals surface area contributed by atoms with Crippen molar-refractivity contribution >= 4 is 0 Å². The third-order valence-corrected chi connectivity index (χ3v) is 2.99. The molecule has 0 radical (unpaired) electrons. The number of nitrogens with zero attached hydrogens (tertiary/aromatic N) is 4. The molecule has 0 bridgehead atoms. The largest absolute Gasteiger partial charge is 0.386 e. The van der Waals surface area contributed by atoms with Gasteiger partial charge in [-0.25, -0.2) is 0 Å². The van der Waals surface area contributed by atoms with E-state index in [0.29, 0.717) is 12.5 Å². The summed E-state index contributed by atoms with van der Waals surface area (Å²) in [6.45, 7) is 6.94. The van der Waals surface area contributed by atoms with Crippen LogP contribution in [0.15, 0.2) is 24.5 Å². The Morgan fingerprint density at radius 2 is 2.11 bits per heavy atom. The standard InChI is InChI=1S/C13H20N4O/c1-4-16-12(5-7-14-16)13(18)9-11-6-8-17(15-11)10(2)3/h5-8,10,13,18H,4,9H2,1-3H3. The van der Waals surface area contributed by atoms with Gasteiger partial charge in [-0.3, -0.25) is 9.36 Å². The summed E-state index contributed by atoms with van der Waals surface area (Å²) in [4.78, 5) is 0. The van der Waals surface area contributed by atoms with E-state index >= 15 is 0 Å². The molecule has 5 heteroatoms. The van der Waals surface area contributed by atoms with Crippen molar-refractivity contribution in [2.75, 3.05) is 0 Å². The van der Waals surface area contributed by atoms with Crippen LogP contribution in [0.2, 0.25) is 0 Å². The monoisotopic (exact) mass is 248 g/mol. The summed E-state index contributed by atoms with van der Waals surface area (Å²) in [5, 5.41) is 18.8. The topological polar surface area (TPSA) is 55.9 Å². The molecule has 1 atom stereocenters. The van der Waals surface area contributed by atoms with Crippen LogP contribution in [0.5, 0.6) is 0 Å². The summed E-state index contributed by atoms with van der Waals surface area (Å²) in [6.07, 6.45) is 3.63. The van der Waals surface area contributed by atoms with Gasteiger partial charge < -0.3 is 5.11 Å². The molecular formula is C13H20N4O. The zero-order valence-corrected chi connectivity index (χ0v) is 11.1. The number of hydrogen-bond acceptors (Lipinski definition) is 3. The maximum Gasteiger partial charge on any atom is 0.101 e. The highest BCUT2D eigenvalue weighted by Gasteiger charge is 2.14. The van der Waals surface area contributed by atoms with Crippen LogP contribution in [0.25, 0.3) is 0 Å². The van der Waals surface area contributed by atoms with Crippen molar-refractivity contribution < 1.29 is 5.11 Å². The first kappa shape index (κ1) is 12.8. The number of rotatable bonds is 5. The van der Waals surface area contributed by atoms with Gasteiger partial charge in [0.1, 0.15) is 6.10 Å². The van der Waals surface area contributed by atoms with Gasteiger partial charge >= 0.3 is 0 Å². The zero-order chi connectivity index (χ0) is 13.1. The first-order valence-electron chi connectivity index (χ1n) is 6.35. The minimum Gasteiger partial charge on any atom is -0.386 e. The molecule has 5 nitrogen and oxygen atoms in total. The second-order valence-electron chi connectivity index (χ2n) is 4.67. The van der Waals surface area contributed by atoms with E-state index in [9.17, 15) is 5.11 Å². The fraction of sp³-hybridized carbons (Fsp3) is 0.538. The Kier molecular flexibility index (Phi) is 3.81. The zero-order valence-electron chi connectivity index (χ0n) is 11.1. The number of hydrogen-bond donors (Lipinski definition) is 1. The molecule has 2 aromatic heterocycles. The average molecular weight is 248 g/mol. The predicted molar refractivity (Wildman–Crippen MR) is 69.2 cm³/mol.